The third kappa shape index (κ3) is 3.16. The molecule has 1 aromatic rings. The predicted molar refractivity (Wildman–Crippen MR) is 110 cm³/mol. The van der Waals surface area contributed by atoms with Gasteiger partial charge in [0.1, 0.15) is 6.04 Å². The number of nitrogens with zero attached hydrogens (tertiary/aromatic N) is 3. The van der Waals surface area contributed by atoms with Crippen LogP contribution >= 0.6 is 0 Å². The van der Waals surface area contributed by atoms with E-state index in [-0.39, 0.29) is 23.4 Å². The van der Waals surface area contributed by atoms with Crippen LogP contribution in [0.1, 0.15) is 37.7 Å². The van der Waals surface area contributed by atoms with Crippen LogP contribution < -0.4 is 10.6 Å². The van der Waals surface area contributed by atoms with E-state index < -0.39 is 6.04 Å². The highest BCUT2D eigenvalue weighted by Crippen LogP contribution is 2.47. The van der Waals surface area contributed by atoms with Crippen molar-refractivity contribution in [2.45, 2.75) is 49.6 Å². The smallest absolute Gasteiger partial charge is 0.332 e. The number of hydrogen-bond acceptors (Lipinski definition) is 5. The first-order valence-electron chi connectivity index (χ1n) is 10.9. The summed E-state index contributed by atoms with van der Waals surface area (Å²) in [5.74, 6) is -0.182. The first-order valence-corrected chi connectivity index (χ1v) is 10.9. The Morgan fingerprint density at radius 3 is 2.41 bits per heavy atom. The first-order chi connectivity index (χ1) is 14.1. The molecule has 7 nitrogen and oxygen atoms in total. The second kappa shape index (κ2) is 7.38. The summed E-state index contributed by atoms with van der Waals surface area (Å²) in [5, 5.41) is 0. The highest BCUT2D eigenvalue weighted by atomic mass is 16.5. The Bertz CT molecular complexity index is 786. The van der Waals surface area contributed by atoms with Gasteiger partial charge in [-0.05, 0) is 55.3 Å². The van der Waals surface area contributed by atoms with Crippen LogP contribution in [-0.2, 0) is 14.9 Å². The molecule has 0 radical (unpaired) electrons. The molecular weight excluding hydrogens is 368 g/mol. The maximum absolute atomic E-state index is 12.8. The van der Waals surface area contributed by atoms with Gasteiger partial charge in [0.15, 0.2) is 0 Å². The molecule has 3 amide bonds. The lowest BCUT2D eigenvalue weighted by Crippen LogP contribution is -2.42. The molecule has 1 aliphatic carbocycles. The lowest BCUT2D eigenvalue weighted by molar-refractivity contribution is -0.119. The zero-order chi connectivity index (χ0) is 20.0. The molecule has 4 aliphatic rings. The van der Waals surface area contributed by atoms with E-state index >= 15 is 0 Å². The number of carbonyl (C=O) groups is 2. The molecule has 7 heteroatoms. The predicted octanol–water partition coefficient (Wildman–Crippen LogP) is 1.70. The lowest BCUT2D eigenvalue weighted by Gasteiger charge is -2.44. The maximum atomic E-state index is 12.8. The second-order valence-electron chi connectivity index (χ2n) is 8.93. The second-order valence-corrected chi connectivity index (χ2v) is 8.93. The Balaban J connectivity index is 1.30. The summed E-state index contributed by atoms with van der Waals surface area (Å²) in [6.07, 6.45) is 5.54. The standard InChI is InChI=1S/C22H30N4O3/c23-18-6-10-25-19(18)20(27)26(21(25)28)17-4-2-16(3-5-17)22(7-1-8-22)9-11-24-12-14-29-15-13-24/h2-5,18-19H,1,6-15,23H2/t18-,19+/m1/s1. The molecule has 156 valence electrons. The van der Waals surface area contributed by atoms with Crippen LogP contribution in [0.2, 0.25) is 0 Å². The molecule has 0 unspecified atom stereocenters. The molecule has 3 saturated heterocycles. The summed E-state index contributed by atoms with van der Waals surface area (Å²) in [4.78, 5) is 31.0. The minimum atomic E-state index is -0.492. The summed E-state index contributed by atoms with van der Waals surface area (Å²) >= 11 is 0. The van der Waals surface area contributed by atoms with Crippen LogP contribution in [0, 0.1) is 0 Å². The molecule has 0 bridgehead atoms. The average Bonchev–Trinajstić information content (AvgIpc) is 3.21. The SMILES string of the molecule is N[C@@H]1CCN2C(=O)N(c3ccc(C4(CCN5CCOCC5)CCC4)cc3)C(=O)[C@H]12. The van der Waals surface area contributed by atoms with Crippen molar-refractivity contribution >= 4 is 17.6 Å². The normalized spacial score (nSPS) is 29.3. The Morgan fingerprint density at radius 1 is 1.07 bits per heavy atom. The Hall–Kier alpha value is -1.96. The molecule has 0 aromatic heterocycles. The molecule has 5 rings (SSSR count). The van der Waals surface area contributed by atoms with Gasteiger partial charge in [-0.15, -0.1) is 0 Å². The van der Waals surface area contributed by atoms with Crippen LogP contribution in [0.3, 0.4) is 0 Å². The third-order valence-corrected chi connectivity index (χ3v) is 7.41. The van der Waals surface area contributed by atoms with Crippen LogP contribution in [0.15, 0.2) is 24.3 Å². The number of imide groups is 1. The number of nitrogens with two attached hydrogens (primary N) is 1. The van der Waals surface area contributed by atoms with Crippen molar-refractivity contribution < 1.29 is 14.3 Å². The van der Waals surface area contributed by atoms with Crippen LogP contribution in [-0.4, -0.2) is 73.2 Å². The van der Waals surface area contributed by atoms with E-state index in [2.05, 4.69) is 17.0 Å². The topological polar surface area (TPSA) is 79.1 Å². The Morgan fingerprint density at radius 2 is 1.79 bits per heavy atom. The summed E-state index contributed by atoms with van der Waals surface area (Å²) in [6.45, 7) is 5.38. The number of amides is 3. The summed E-state index contributed by atoms with van der Waals surface area (Å²) in [5.41, 5.74) is 8.29. The van der Waals surface area contributed by atoms with E-state index in [1.54, 1.807) is 4.90 Å². The van der Waals surface area contributed by atoms with Crippen molar-refractivity contribution in [1.29, 1.82) is 0 Å². The number of rotatable bonds is 5. The molecule has 2 N–H and O–H groups in total. The van der Waals surface area contributed by atoms with Crippen LogP contribution in [0.4, 0.5) is 10.5 Å². The van der Waals surface area contributed by atoms with E-state index in [4.69, 9.17) is 10.5 Å². The number of urea groups is 1. The van der Waals surface area contributed by atoms with Gasteiger partial charge >= 0.3 is 6.03 Å². The highest BCUT2D eigenvalue weighted by molar-refractivity contribution is 6.21. The molecule has 3 aliphatic heterocycles. The Kier molecular flexibility index (Phi) is 4.84. The van der Waals surface area contributed by atoms with Crippen molar-refractivity contribution in [1.82, 2.24) is 9.80 Å². The number of ether oxygens (including phenoxy) is 1. The average molecular weight is 399 g/mol. The van der Waals surface area contributed by atoms with Gasteiger partial charge < -0.3 is 15.4 Å². The van der Waals surface area contributed by atoms with E-state index in [9.17, 15) is 9.59 Å². The monoisotopic (exact) mass is 398 g/mol. The number of hydrogen-bond donors (Lipinski definition) is 1. The van der Waals surface area contributed by atoms with Crippen molar-refractivity contribution in [3.05, 3.63) is 29.8 Å². The first kappa shape index (κ1) is 19.0. The molecule has 3 heterocycles. The summed E-state index contributed by atoms with van der Waals surface area (Å²) in [7, 11) is 0. The number of benzene rings is 1. The van der Waals surface area contributed by atoms with E-state index in [1.165, 1.54) is 29.7 Å². The lowest BCUT2D eigenvalue weighted by atomic mass is 9.62. The van der Waals surface area contributed by atoms with Crippen molar-refractivity contribution in [3.8, 4) is 0 Å². The number of fused-ring (bicyclic) bond motifs is 1. The molecule has 1 aromatic carbocycles. The largest absolute Gasteiger partial charge is 0.379 e. The third-order valence-electron chi connectivity index (χ3n) is 7.41. The molecule has 29 heavy (non-hydrogen) atoms. The van der Waals surface area contributed by atoms with E-state index in [0.29, 0.717) is 18.7 Å². The van der Waals surface area contributed by atoms with Gasteiger partial charge in [-0.25, -0.2) is 9.69 Å². The Labute approximate surface area is 171 Å². The van der Waals surface area contributed by atoms with Gasteiger partial charge in [-0.2, -0.15) is 0 Å². The van der Waals surface area contributed by atoms with Gasteiger partial charge in [0.2, 0.25) is 0 Å². The fourth-order valence-corrected chi connectivity index (χ4v) is 5.39. The molecule has 1 saturated carbocycles. The molecular formula is C22H30N4O3. The minimum absolute atomic E-state index is 0.182. The van der Waals surface area contributed by atoms with Crippen LogP contribution in [0.5, 0.6) is 0 Å². The van der Waals surface area contributed by atoms with E-state index in [1.807, 2.05) is 12.1 Å². The van der Waals surface area contributed by atoms with Gasteiger partial charge in [0.05, 0.1) is 18.9 Å². The minimum Gasteiger partial charge on any atom is -0.379 e. The summed E-state index contributed by atoms with van der Waals surface area (Å²) in [6, 6.07) is 7.14. The fraction of sp³-hybridized carbons (Fsp3) is 0.636. The highest BCUT2D eigenvalue weighted by Gasteiger charge is 2.51. The van der Waals surface area contributed by atoms with Crippen molar-refractivity contribution in [2.24, 2.45) is 5.73 Å². The van der Waals surface area contributed by atoms with Gasteiger partial charge in [-0.3, -0.25) is 9.69 Å². The van der Waals surface area contributed by atoms with E-state index in [0.717, 1.165) is 39.3 Å². The molecule has 2 atom stereocenters. The van der Waals surface area contributed by atoms with Gasteiger partial charge in [0.25, 0.3) is 5.91 Å². The molecule has 4 fully saturated rings. The van der Waals surface area contributed by atoms with Gasteiger partial charge in [-0.1, -0.05) is 18.6 Å². The number of carbonyl (C=O) groups excluding carboxylic acids is 2. The quantitative estimate of drug-likeness (QED) is 0.764. The zero-order valence-electron chi connectivity index (χ0n) is 16.9. The summed E-state index contributed by atoms with van der Waals surface area (Å²) < 4.78 is 5.46. The number of morpholine rings is 1. The van der Waals surface area contributed by atoms with Crippen LogP contribution in [0.25, 0.3) is 0 Å². The fourth-order valence-electron chi connectivity index (χ4n) is 5.39. The number of anilines is 1. The van der Waals surface area contributed by atoms with Gasteiger partial charge in [0, 0.05) is 25.7 Å². The zero-order valence-corrected chi connectivity index (χ0v) is 16.9. The molecule has 0 spiro atoms. The van der Waals surface area contributed by atoms with Crippen molar-refractivity contribution in [2.75, 3.05) is 44.3 Å². The maximum Gasteiger partial charge on any atom is 0.332 e. The van der Waals surface area contributed by atoms with Crippen molar-refractivity contribution in [3.63, 3.8) is 0 Å².